The molecule has 0 spiro atoms. The molecule has 0 unspecified atom stereocenters. The van der Waals surface area contributed by atoms with Gasteiger partial charge in [-0.2, -0.15) is 0 Å². The van der Waals surface area contributed by atoms with E-state index < -0.39 is 5.92 Å². The van der Waals surface area contributed by atoms with Crippen molar-refractivity contribution in [2.75, 3.05) is 16.8 Å². The fraction of sp³-hybridized carbons (Fsp3) is 0.222. The van der Waals surface area contributed by atoms with Gasteiger partial charge in [0.05, 0.1) is 5.92 Å². The van der Waals surface area contributed by atoms with Crippen molar-refractivity contribution in [1.82, 2.24) is 0 Å². The summed E-state index contributed by atoms with van der Waals surface area (Å²) < 4.78 is 14.0. The number of hydrogen-bond acceptors (Lipinski definition) is 2. The highest BCUT2D eigenvalue weighted by Crippen LogP contribution is 2.27. The highest BCUT2D eigenvalue weighted by Gasteiger charge is 2.35. The lowest BCUT2D eigenvalue weighted by atomic mass is 10.1. The molecule has 1 fully saturated rings. The van der Waals surface area contributed by atoms with Crippen molar-refractivity contribution >= 4 is 39.1 Å². The highest BCUT2D eigenvalue weighted by molar-refractivity contribution is 9.10. The summed E-state index contributed by atoms with van der Waals surface area (Å²) in [5.41, 5.74) is 2.28. The maximum Gasteiger partial charge on any atom is 0.229 e. The van der Waals surface area contributed by atoms with Gasteiger partial charge in [0.25, 0.3) is 0 Å². The molecule has 6 heteroatoms. The summed E-state index contributed by atoms with van der Waals surface area (Å²) in [4.78, 5) is 26.2. The minimum Gasteiger partial charge on any atom is -0.326 e. The lowest BCUT2D eigenvalue weighted by Gasteiger charge is -2.17. The molecule has 1 heterocycles. The number of halogens is 2. The Kier molecular flexibility index (Phi) is 4.66. The summed E-state index contributed by atoms with van der Waals surface area (Å²) in [6.45, 7) is 2.21. The Labute approximate surface area is 147 Å². The molecule has 0 aromatic heterocycles. The standard InChI is InChI=1S/C18H16BrFN2O2/c1-11-8-13(19)2-7-16(11)21-18(24)12-9-17(23)22(10-12)15-5-3-14(20)4-6-15/h2-8,12H,9-10H2,1H3,(H,21,24)/t12-/m1/s1. The largest absolute Gasteiger partial charge is 0.326 e. The molecular weight excluding hydrogens is 375 g/mol. The number of amides is 2. The van der Waals surface area contributed by atoms with E-state index in [0.29, 0.717) is 12.2 Å². The fourth-order valence-electron chi connectivity index (χ4n) is 2.76. The zero-order chi connectivity index (χ0) is 17.3. The van der Waals surface area contributed by atoms with Gasteiger partial charge in [-0.05, 0) is 55.0 Å². The Hall–Kier alpha value is -2.21. The number of anilines is 2. The molecule has 24 heavy (non-hydrogen) atoms. The Morgan fingerprint density at radius 2 is 1.96 bits per heavy atom. The first-order chi connectivity index (χ1) is 11.4. The van der Waals surface area contributed by atoms with Crippen LogP contribution in [0.25, 0.3) is 0 Å². The third-order valence-electron chi connectivity index (χ3n) is 4.08. The van der Waals surface area contributed by atoms with E-state index in [1.807, 2.05) is 25.1 Å². The molecule has 1 saturated heterocycles. The number of aryl methyl sites for hydroxylation is 1. The Bertz CT molecular complexity index is 792. The van der Waals surface area contributed by atoms with Gasteiger partial charge in [0.15, 0.2) is 0 Å². The molecule has 2 aromatic carbocycles. The molecule has 0 aliphatic carbocycles. The summed E-state index contributed by atoms with van der Waals surface area (Å²) in [6.07, 6.45) is 0.152. The van der Waals surface area contributed by atoms with Crippen LogP contribution in [-0.2, 0) is 9.59 Å². The van der Waals surface area contributed by atoms with Gasteiger partial charge in [0.2, 0.25) is 11.8 Å². The van der Waals surface area contributed by atoms with Crippen LogP contribution in [0.15, 0.2) is 46.9 Å². The second-order valence-corrected chi connectivity index (χ2v) is 6.75. The molecule has 3 rings (SSSR count). The normalized spacial score (nSPS) is 17.2. The van der Waals surface area contributed by atoms with Gasteiger partial charge in [-0.3, -0.25) is 9.59 Å². The lowest BCUT2D eigenvalue weighted by molar-refractivity contribution is -0.122. The molecule has 2 aromatic rings. The first-order valence-electron chi connectivity index (χ1n) is 7.57. The van der Waals surface area contributed by atoms with Gasteiger partial charge in [-0.25, -0.2) is 4.39 Å². The van der Waals surface area contributed by atoms with Crippen molar-refractivity contribution < 1.29 is 14.0 Å². The highest BCUT2D eigenvalue weighted by atomic mass is 79.9. The van der Waals surface area contributed by atoms with Crippen LogP contribution in [0.3, 0.4) is 0 Å². The minimum absolute atomic E-state index is 0.130. The van der Waals surface area contributed by atoms with Gasteiger partial charge in [-0.15, -0.1) is 0 Å². The van der Waals surface area contributed by atoms with Crippen molar-refractivity contribution in [3.8, 4) is 0 Å². The van der Waals surface area contributed by atoms with Crippen molar-refractivity contribution in [2.24, 2.45) is 5.92 Å². The van der Waals surface area contributed by atoms with Gasteiger partial charge < -0.3 is 10.2 Å². The molecule has 1 N–H and O–H groups in total. The zero-order valence-corrected chi connectivity index (χ0v) is 14.6. The van der Waals surface area contributed by atoms with E-state index >= 15 is 0 Å². The van der Waals surface area contributed by atoms with E-state index in [2.05, 4.69) is 21.2 Å². The van der Waals surface area contributed by atoms with E-state index in [9.17, 15) is 14.0 Å². The maximum atomic E-state index is 13.0. The van der Waals surface area contributed by atoms with Gasteiger partial charge in [0, 0.05) is 28.8 Å². The predicted molar refractivity (Wildman–Crippen MR) is 94.4 cm³/mol. The monoisotopic (exact) mass is 390 g/mol. The number of carbonyl (C=O) groups excluding carboxylic acids is 2. The van der Waals surface area contributed by atoms with Crippen LogP contribution >= 0.6 is 15.9 Å². The number of benzene rings is 2. The van der Waals surface area contributed by atoms with Crippen LogP contribution in [0.5, 0.6) is 0 Å². The number of rotatable bonds is 3. The Balaban J connectivity index is 1.70. The molecule has 1 aliphatic heterocycles. The molecular formula is C18H16BrFN2O2. The number of carbonyl (C=O) groups is 2. The van der Waals surface area contributed by atoms with Crippen LogP contribution < -0.4 is 10.2 Å². The van der Waals surface area contributed by atoms with Crippen molar-refractivity contribution in [3.63, 3.8) is 0 Å². The minimum atomic E-state index is -0.425. The smallest absolute Gasteiger partial charge is 0.229 e. The summed E-state index contributed by atoms with van der Waals surface area (Å²) in [5.74, 6) is -1.09. The predicted octanol–water partition coefficient (Wildman–Crippen LogP) is 3.89. The van der Waals surface area contributed by atoms with E-state index in [-0.39, 0.29) is 24.1 Å². The number of hydrogen-bond donors (Lipinski definition) is 1. The average Bonchev–Trinajstić information content (AvgIpc) is 2.93. The Morgan fingerprint density at radius 1 is 1.25 bits per heavy atom. The van der Waals surface area contributed by atoms with Crippen molar-refractivity contribution in [2.45, 2.75) is 13.3 Å². The first-order valence-corrected chi connectivity index (χ1v) is 8.36. The van der Waals surface area contributed by atoms with Crippen molar-refractivity contribution in [3.05, 3.63) is 58.3 Å². The summed E-state index contributed by atoms with van der Waals surface area (Å²) in [7, 11) is 0. The van der Waals surface area contributed by atoms with Gasteiger partial charge >= 0.3 is 0 Å². The topological polar surface area (TPSA) is 49.4 Å². The van der Waals surface area contributed by atoms with E-state index in [1.165, 1.54) is 17.0 Å². The molecule has 0 radical (unpaired) electrons. The van der Waals surface area contributed by atoms with Crippen LogP contribution in [0.1, 0.15) is 12.0 Å². The summed E-state index contributed by atoms with van der Waals surface area (Å²) >= 11 is 3.38. The second kappa shape index (κ2) is 6.73. The quantitative estimate of drug-likeness (QED) is 0.863. The van der Waals surface area contributed by atoms with Crippen LogP contribution in [0.2, 0.25) is 0 Å². The zero-order valence-electron chi connectivity index (χ0n) is 13.1. The SMILES string of the molecule is Cc1cc(Br)ccc1NC(=O)[C@@H]1CC(=O)N(c2ccc(F)cc2)C1. The maximum absolute atomic E-state index is 13.0. The lowest BCUT2D eigenvalue weighted by Crippen LogP contribution is -2.28. The van der Waals surface area contributed by atoms with Crippen LogP contribution in [-0.4, -0.2) is 18.4 Å². The van der Waals surface area contributed by atoms with Crippen molar-refractivity contribution in [1.29, 1.82) is 0 Å². The third kappa shape index (κ3) is 3.48. The van der Waals surface area contributed by atoms with Crippen LogP contribution in [0, 0.1) is 18.7 Å². The first kappa shape index (κ1) is 16.6. The number of nitrogens with zero attached hydrogens (tertiary/aromatic N) is 1. The molecule has 0 bridgehead atoms. The Morgan fingerprint density at radius 3 is 2.62 bits per heavy atom. The van der Waals surface area contributed by atoms with E-state index in [0.717, 1.165) is 15.7 Å². The van der Waals surface area contributed by atoms with Crippen LogP contribution in [0.4, 0.5) is 15.8 Å². The third-order valence-corrected chi connectivity index (χ3v) is 4.57. The van der Waals surface area contributed by atoms with Gasteiger partial charge in [0.1, 0.15) is 5.82 Å². The second-order valence-electron chi connectivity index (χ2n) is 5.83. The van der Waals surface area contributed by atoms with E-state index in [1.54, 1.807) is 12.1 Å². The summed E-state index contributed by atoms with van der Waals surface area (Å²) in [6, 6.07) is 11.3. The fourth-order valence-corrected chi connectivity index (χ4v) is 3.23. The number of nitrogens with one attached hydrogen (secondary N) is 1. The molecule has 124 valence electrons. The summed E-state index contributed by atoms with van der Waals surface area (Å²) in [5, 5.41) is 2.88. The average molecular weight is 391 g/mol. The molecule has 0 saturated carbocycles. The molecule has 4 nitrogen and oxygen atoms in total. The molecule has 1 atom stereocenters. The molecule has 2 amide bonds. The van der Waals surface area contributed by atoms with E-state index in [4.69, 9.17) is 0 Å². The van der Waals surface area contributed by atoms with Gasteiger partial charge in [-0.1, -0.05) is 15.9 Å². The molecule has 1 aliphatic rings.